The minimum absolute atomic E-state index is 0.191. The molecule has 152 valence electrons. The molecule has 0 atom stereocenters. The van der Waals surface area contributed by atoms with Crippen LogP contribution in [0.5, 0.6) is 0 Å². The lowest BCUT2D eigenvalue weighted by Gasteiger charge is -2.09. The minimum atomic E-state index is -0.553. The van der Waals surface area contributed by atoms with Gasteiger partial charge in [-0.15, -0.1) is 0 Å². The summed E-state index contributed by atoms with van der Waals surface area (Å²) in [4.78, 5) is 40.3. The molecule has 2 heterocycles. The molecule has 8 nitrogen and oxygen atoms in total. The van der Waals surface area contributed by atoms with Gasteiger partial charge in [-0.2, -0.15) is 0 Å². The largest absolute Gasteiger partial charge is 0.459 e. The number of hydrogen-bond donors (Lipinski definition) is 3. The summed E-state index contributed by atoms with van der Waals surface area (Å²) >= 11 is 0. The number of H-pyrrole nitrogens is 1. The highest BCUT2D eigenvalue weighted by atomic mass is 16.5. The Bertz CT molecular complexity index is 1110. The maximum Gasteiger partial charge on any atom is 0.340 e. The minimum Gasteiger partial charge on any atom is -0.459 e. The van der Waals surface area contributed by atoms with Crippen LogP contribution in [0, 0.1) is 13.8 Å². The van der Waals surface area contributed by atoms with E-state index in [9.17, 15) is 14.4 Å². The van der Waals surface area contributed by atoms with Crippen LogP contribution in [0.1, 0.15) is 56.3 Å². The fourth-order valence-corrected chi connectivity index (χ4v) is 3.32. The fraction of sp³-hybridized carbons (Fsp3) is 0.286. The van der Waals surface area contributed by atoms with Gasteiger partial charge in [0, 0.05) is 29.8 Å². The van der Waals surface area contributed by atoms with Gasteiger partial charge in [-0.25, -0.2) is 4.79 Å². The van der Waals surface area contributed by atoms with Gasteiger partial charge in [0.05, 0.1) is 17.2 Å². The third-order valence-corrected chi connectivity index (χ3v) is 4.64. The number of aromatic amines is 1. The second-order valence-electron chi connectivity index (χ2n) is 7.16. The highest BCUT2D eigenvalue weighted by Crippen LogP contribution is 2.21. The van der Waals surface area contributed by atoms with E-state index < -0.39 is 17.8 Å². The normalized spacial score (nSPS) is 11.0. The fourth-order valence-electron chi connectivity index (χ4n) is 3.32. The number of para-hydroxylation sites is 1. The number of fused-ring (bicyclic) bond motifs is 1. The molecular formula is C21H24N4O4. The molecule has 0 aliphatic rings. The lowest BCUT2D eigenvalue weighted by Crippen LogP contribution is -2.42. The molecule has 0 saturated heterocycles. The van der Waals surface area contributed by atoms with Gasteiger partial charge in [0.15, 0.2) is 0 Å². The molecule has 0 aliphatic carbocycles. The van der Waals surface area contributed by atoms with Gasteiger partial charge < -0.3 is 14.3 Å². The molecule has 3 N–H and O–H groups in total. The average molecular weight is 396 g/mol. The molecule has 0 radical (unpaired) electrons. The number of hydrogen-bond acceptors (Lipinski definition) is 4. The number of amides is 2. The summed E-state index contributed by atoms with van der Waals surface area (Å²) in [5.41, 5.74) is 7.70. The number of carbonyl (C=O) groups is 3. The van der Waals surface area contributed by atoms with Gasteiger partial charge in [0.25, 0.3) is 11.8 Å². The number of ether oxygens (including phenoxy) is 1. The number of nitrogens with one attached hydrogen (secondary N) is 3. The molecule has 0 unspecified atom stereocenters. The maximum absolute atomic E-state index is 12.6. The Morgan fingerprint density at radius 3 is 2.41 bits per heavy atom. The Balaban J connectivity index is 1.76. The van der Waals surface area contributed by atoms with Gasteiger partial charge >= 0.3 is 5.97 Å². The Morgan fingerprint density at radius 2 is 1.72 bits per heavy atom. The highest BCUT2D eigenvalue weighted by Gasteiger charge is 2.24. The first-order valence-electron chi connectivity index (χ1n) is 9.25. The van der Waals surface area contributed by atoms with E-state index in [1.807, 2.05) is 35.9 Å². The van der Waals surface area contributed by atoms with Gasteiger partial charge in [0.2, 0.25) is 0 Å². The van der Waals surface area contributed by atoms with Crippen LogP contribution < -0.4 is 10.9 Å². The molecule has 29 heavy (non-hydrogen) atoms. The molecule has 2 amide bonds. The number of carbonyl (C=O) groups excluding carboxylic acids is 3. The van der Waals surface area contributed by atoms with Gasteiger partial charge in [-0.1, -0.05) is 18.2 Å². The van der Waals surface area contributed by atoms with Crippen LogP contribution in [0.25, 0.3) is 10.9 Å². The summed E-state index contributed by atoms with van der Waals surface area (Å²) in [6.07, 6.45) is 1.43. The molecule has 8 heteroatoms. The van der Waals surface area contributed by atoms with E-state index in [0.717, 1.165) is 10.9 Å². The Hall–Kier alpha value is -3.55. The van der Waals surface area contributed by atoms with E-state index >= 15 is 0 Å². The average Bonchev–Trinajstić information content (AvgIpc) is 3.16. The molecule has 2 aromatic heterocycles. The molecular weight excluding hydrogens is 372 g/mol. The Kier molecular flexibility index (Phi) is 5.45. The number of aryl methyl sites for hydroxylation is 2. The maximum atomic E-state index is 12.6. The molecule has 3 rings (SSSR count). The number of aromatic nitrogens is 2. The van der Waals surface area contributed by atoms with Crippen LogP contribution >= 0.6 is 0 Å². The second-order valence-corrected chi connectivity index (χ2v) is 7.16. The van der Waals surface area contributed by atoms with E-state index in [4.69, 9.17) is 4.74 Å². The van der Waals surface area contributed by atoms with Crippen molar-refractivity contribution in [3.8, 4) is 0 Å². The van der Waals surface area contributed by atoms with Gasteiger partial charge in [-0.05, 0) is 39.3 Å². The highest BCUT2D eigenvalue weighted by molar-refractivity contribution is 6.08. The zero-order valence-corrected chi connectivity index (χ0v) is 17.0. The Morgan fingerprint density at radius 1 is 1.07 bits per heavy atom. The summed E-state index contributed by atoms with van der Waals surface area (Å²) in [6.45, 7) is 6.86. The van der Waals surface area contributed by atoms with E-state index in [1.54, 1.807) is 33.9 Å². The zero-order valence-electron chi connectivity index (χ0n) is 17.0. The van der Waals surface area contributed by atoms with E-state index in [0.29, 0.717) is 22.4 Å². The summed E-state index contributed by atoms with van der Waals surface area (Å²) < 4.78 is 7.07. The van der Waals surface area contributed by atoms with Crippen LogP contribution in [0.3, 0.4) is 0 Å². The van der Waals surface area contributed by atoms with Crippen molar-refractivity contribution in [1.82, 2.24) is 20.4 Å². The molecule has 1 aromatic carbocycles. The van der Waals surface area contributed by atoms with Crippen LogP contribution in [0.2, 0.25) is 0 Å². The summed E-state index contributed by atoms with van der Waals surface area (Å²) in [5.74, 6) is -1.48. The summed E-state index contributed by atoms with van der Waals surface area (Å²) in [5, 5.41) is 0.785. The van der Waals surface area contributed by atoms with Crippen molar-refractivity contribution in [1.29, 1.82) is 0 Å². The third-order valence-electron chi connectivity index (χ3n) is 4.64. The van der Waals surface area contributed by atoms with Crippen molar-refractivity contribution in [2.75, 3.05) is 0 Å². The quantitative estimate of drug-likeness (QED) is 0.466. The van der Waals surface area contributed by atoms with E-state index in [2.05, 4.69) is 15.8 Å². The van der Waals surface area contributed by atoms with Crippen molar-refractivity contribution >= 4 is 28.7 Å². The number of hydrazine groups is 1. The SMILES string of the molecule is Cc1[nH]c(C(=O)NNC(=O)c2cn(C)c3ccccc23)c(C)c1C(=O)OC(C)C. The predicted octanol–water partition coefficient (Wildman–Crippen LogP) is 2.76. The molecule has 0 bridgehead atoms. The number of rotatable bonds is 4. The zero-order chi connectivity index (χ0) is 21.3. The summed E-state index contributed by atoms with van der Waals surface area (Å²) in [6, 6.07) is 7.50. The van der Waals surface area contributed by atoms with Crippen LogP contribution in [-0.2, 0) is 11.8 Å². The number of benzene rings is 1. The van der Waals surface area contributed by atoms with Crippen LogP contribution in [-0.4, -0.2) is 33.4 Å². The van der Waals surface area contributed by atoms with Crippen molar-refractivity contribution in [3.05, 3.63) is 58.5 Å². The van der Waals surface area contributed by atoms with Crippen LogP contribution in [0.15, 0.2) is 30.5 Å². The lowest BCUT2D eigenvalue weighted by atomic mass is 10.1. The number of nitrogens with zero attached hydrogens (tertiary/aromatic N) is 1. The van der Waals surface area contributed by atoms with Crippen molar-refractivity contribution < 1.29 is 19.1 Å². The van der Waals surface area contributed by atoms with Crippen molar-refractivity contribution in [3.63, 3.8) is 0 Å². The molecule has 0 saturated carbocycles. The van der Waals surface area contributed by atoms with E-state index in [1.165, 1.54) is 0 Å². The monoisotopic (exact) mass is 396 g/mol. The number of esters is 1. The van der Waals surface area contributed by atoms with Gasteiger partial charge in [-0.3, -0.25) is 20.4 Å². The lowest BCUT2D eigenvalue weighted by molar-refractivity contribution is 0.0376. The second kappa shape index (κ2) is 7.83. The molecule has 3 aromatic rings. The molecule has 0 aliphatic heterocycles. The van der Waals surface area contributed by atoms with Crippen molar-refractivity contribution in [2.24, 2.45) is 7.05 Å². The first-order valence-corrected chi connectivity index (χ1v) is 9.25. The van der Waals surface area contributed by atoms with Crippen LogP contribution in [0.4, 0.5) is 0 Å². The predicted molar refractivity (Wildman–Crippen MR) is 109 cm³/mol. The Labute approximate surface area is 168 Å². The molecule has 0 spiro atoms. The standard InChI is InChI=1S/C21H24N4O4/c1-11(2)29-21(28)17-12(3)18(22-13(17)4)20(27)24-23-19(26)15-10-25(5)16-9-7-6-8-14(15)16/h6-11,22H,1-5H3,(H,23,26)(H,24,27). The molecule has 0 fully saturated rings. The third kappa shape index (κ3) is 3.87. The van der Waals surface area contributed by atoms with E-state index in [-0.39, 0.29) is 11.8 Å². The first-order chi connectivity index (χ1) is 13.7. The summed E-state index contributed by atoms with van der Waals surface area (Å²) in [7, 11) is 1.85. The van der Waals surface area contributed by atoms with Gasteiger partial charge in [0.1, 0.15) is 5.69 Å². The first kappa shape index (κ1) is 20.2. The topological polar surface area (TPSA) is 105 Å². The smallest absolute Gasteiger partial charge is 0.340 e. The van der Waals surface area contributed by atoms with Crippen molar-refractivity contribution in [2.45, 2.75) is 33.8 Å².